The van der Waals surface area contributed by atoms with E-state index in [9.17, 15) is 0 Å². The zero-order valence-electron chi connectivity index (χ0n) is 16.4. The molecule has 3 aromatic carbocycles. The Morgan fingerprint density at radius 2 is 1.71 bits per heavy atom. The summed E-state index contributed by atoms with van der Waals surface area (Å²) in [6, 6.07) is 19.3. The van der Waals surface area contributed by atoms with Crippen LogP contribution in [0, 0.1) is 23.1 Å². The van der Waals surface area contributed by atoms with Gasteiger partial charge in [-0.05, 0) is 66.2 Å². The second-order valence-electron chi connectivity index (χ2n) is 8.10. The summed E-state index contributed by atoms with van der Waals surface area (Å²) in [6.45, 7) is 2.27. The van der Waals surface area contributed by atoms with Crippen LogP contribution >= 0.6 is 0 Å². The number of rotatable bonds is 4. The molecule has 0 bridgehead atoms. The van der Waals surface area contributed by atoms with E-state index < -0.39 is 0 Å². The third-order valence-corrected chi connectivity index (χ3v) is 6.32. The summed E-state index contributed by atoms with van der Waals surface area (Å²) in [4.78, 5) is 0. The molecule has 1 saturated carbocycles. The fraction of sp³-hybridized carbons (Fsp3) is 0.346. The first-order valence-corrected chi connectivity index (χ1v) is 10.4. The maximum absolute atomic E-state index is 15.2. The minimum Gasteiger partial charge on any atom is -0.206 e. The number of fused-ring (bicyclic) bond motifs is 1. The van der Waals surface area contributed by atoms with Gasteiger partial charge in [-0.1, -0.05) is 62.2 Å². The van der Waals surface area contributed by atoms with Crippen LogP contribution in [0.3, 0.4) is 0 Å². The number of hydrogen-bond acceptors (Lipinski definition) is 1. The molecule has 0 saturated heterocycles. The summed E-state index contributed by atoms with van der Waals surface area (Å²) in [6.07, 6.45) is 7.79. The fourth-order valence-corrected chi connectivity index (χ4v) is 4.70. The molecule has 2 heteroatoms. The maximum atomic E-state index is 15.2. The first kappa shape index (κ1) is 18.7. The monoisotopic (exact) mass is 371 g/mol. The molecule has 1 nitrogen and oxygen atoms in total. The minimum atomic E-state index is -0.180. The van der Waals surface area contributed by atoms with Gasteiger partial charge in [-0.2, -0.15) is 5.26 Å². The van der Waals surface area contributed by atoms with Crippen LogP contribution in [0.15, 0.2) is 54.6 Å². The van der Waals surface area contributed by atoms with E-state index in [-0.39, 0.29) is 5.82 Å². The molecule has 0 heterocycles. The summed E-state index contributed by atoms with van der Waals surface area (Å²) in [5.41, 5.74) is 3.33. The summed E-state index contributed by atoms with van der Waals surface area (Å²) in [5.74, 6) is 1.33. The normalized spacial score (nSPS) is 19.5. The van der Waals surface area contributed by atoms with Gasteiger partial charge in [0.1, 0.15) is 5.82 Å². The zero-order valence-corrected chi connectivity index (χ0v) is 16.4. The van der Waals surface area contributed by atoms with Crippen LogP contribution < -0.4 is 0 Å². The second-order valence-corrected chi connectivity index (χ2v) is 8.10. The Morgan fingerprint density at radius 3 is 2.39 bits per heavy atom. The van der Waals surface area contributed by atoms with Crippen LogP contribution in [-0.2, 0) is 0 Å². The van der Waals surface area contributed by atoms with E-state index in [2.05, 4.69) is 25.1 Å². The average Bonchev–Trinajstić information content (AvgIpc) is 2.75. The maximum Gasteiger partial charge on any atom is 0.138 e. The van der Waals surface area contributed by atoms with Crippen LogP contribution in [-0.4, -0.2) is 0 Å². The van der Waals surface area contributed by atoms with Crippen LogP contribution in [0.5, 0.6) is 0 Å². The molecular weight excluding hydrogens is 345 g/mol. The lowest BCUT2D eigenvalue weighted by Crippen LogP contribution is -2.13. The highest BCUT2D eigenvalue weighted by Crippen LogP contribution is 2.39. The highest BCUT2D eigenvalue weighted by Gasteiger charge is 2.22. The van der Waals surface area contributed by atoms with Gasteiger partial charge < -0.3 is 0 Å². The SMILES string of the molecule is CCC[C@H]1CC[C@H](c2ccc3c(F)c(-c4ccc(C#N)cc4)ccc3c2)CC1. The van der Waals surface area contributed by atoms with E-state index in [0.29, 0.717) is 22.4 Å². The Balaban J connectivity index is 1.60. The zero-order chi connectivity index (χ0) is 19.5. The van der Waals surface area contributed by atoms with Crippen molar-refractivity contribution in [2.45, 2.75) is 51.4 Å². The highest BCUT2D eigenvalue weighted by atomic mass is 19.1. The summed E-state index contributed by atoms with van der Waals surface area (Å²) in [5, 5.41) is 10.6. The van der Waals surface area contributed by atoms with Gasteiger partial charge in [0.15, 0.2) is 0 Å². The van der Waals surface area contributed by atoms with Gasteiger partial charge in [0, 0.05) is 10.9 Å². The lowest BCUT2D eigenvalue weighted by molar-refractivity contribution is 0.308. The van der Waals surface area contributed by atoms with E-state index in [1.807, 2.05) is 30.3 Å². The molecule has 0 aliphatic heterocycles. The molecule has 0 N–H and O–H groups in total. The Bertz CT molecular complexity index is 1010. The lowest BCUT2D eigenvalue weighted by Gasteiger charge is -2.28. The van der Waals surface area contributed by atoms with E-state index in [4.69, 9.17) is 5.26 Å². The van der Waals surface area contributed by atoms with Crippen molar-refractivity contribution in [3.8, 4) is 17.2 Å². The van der Waals surface area contributed by atoms with Gasteiger partial charge >= 0.3 is 0 Å². The Labute approximate surface area is 166 Å². The van der Waals surface area contributed by atoms with Gasteiger partial charge in [-0.25, -0.2) is 4.39 Å². The molecule has 1 aliphatic carbocycles. The largest absolute Gasteiger partial charge is 0.206 e. The molecule has 0 radical (unpaired) electrons. The first-order valence-electron chi connectivity index (χ1n) is 10.4. The Kier molecular flexibility index (Phi) is 5.44. The predicted octanol–water partition coefficient (Wildman–Crippen LogP) is 7.59. The number of benzene rings is 3. The van der Waals surface area contributed by atoms with Crippen LogP contribution in [0.2, 0.25) is 0 Å². The summed E-state index contributed by atoms with van der Waals surface area (Å²) in [7, 11) is 0. The molecule has 0 unspecified atom stereocenters. The van der Waals surface area contributed by atoms with Crippen LogP contribution in [0.1, 0.15) is 62.5 Å². The first-order chi connectivity index (χ1) is 13.7. The summed E-state index contributed by atoms with van der Waals surface area (Å²) < 4.78 is 15.2. The van der Waals surface area contributed by atoms with Crippen LogP contribution in [0.25, 0.3) is 21.9 Å². The molecule has 142 valence electrons. The Morgan fingerprint density at radius 1 is 0.964 bits per heavy atom. The number of halogens is 1. The van der Waals surface area contributed by atoms with Gasteiger partial charge in [0.05, 0.1) is 11.6 Å². The van der Waals surface area contributed by atoms with Gasteiger partial charge in [-0.3, -0.25) is 0 Å². The molecule has 0 amide bonds. The van der Waals surface area contributed by atoms with Crippen molar-refractivity contribution in [3.63, 3.8) is 0 Å². The average molecular weight is 371 g/mol. The Hall–Kier alpha value is -2.66. The predicted molar refractivity (Wildman–Crippen MR) is 114 cm³/mol. The minimum absolute atomic E-state index is 0.180. The lowest BCUT2D eigenvalue weighted by atomic mass is 9.77. The van der Waals surface area contributed by atoms with E-state index >= 15 is 4.39 Å². The smallest absolute Gasteiger partial charge is 0.138 e. The van der Waals surface area contributed by atoms with Crippen molar-refractivity contribution >= 4 is 10.8 Å². The molecule has 0 aromatic heterocycles. The van der Waals surface area contributed by atoms with Crippen LogP contribution in [0.4, 0.5) is 4.39 Å². The molecule has 0 spiro atoms. The standard InChI is InChI=1S/C26H26FN/c1-2-3-18-4-8-20(9-5-18)22-12-14-25-23(16-22)13-15-24(26(25)27)21-10-6-19(17-28)7-11-21/h6-7,10-16,18,20H,2-5,8-9H2,1H3/t18-,20-. The van der Waals surface area contributed by atoms with Crippen molar-refractivity contribution in [2.75, 3.05) is 0 Å². The molecule has 1 fully saturated rings. The molecule has 4 rings (SSSR count). The van der Waals surface area contributed by atoms with Gasteiger partial charge in [0.2, 0.25) is 0 Å². The number of nitriles is 1. The van der Waals surface area contributed by atoms with E-state index in [1.165, 1.54) is 44.1 Å². The molecule has 0 atom stereocenters. The third-order valence-electron chi connectivity index (χ3n) is 6.32. The van der Waals surface area contributed by atoms with Gasteiger partial charge in [0.25, 0.3) is 0 Å². The molecular formula is C26H26FN. The quantitative estimate of drug-likeness (QED) is 0.463. The van der Waals surface area contributed by atoms with Crippen molar-refractivity contribution < 1.29 is 4.39 Å². The third kappa shape index (κ3) is 3.67. The fourth-order valence-electron chi connectivity index (χ4n) is 4.70. The number of nitrogens with zero attached hydrogens (tertiary/aromatic N) is 1. The van der Waals surface area contributed by atoms with Crippen molar-refractivity contribution in [1.29, 1.82) is 5.26 Å². The highest BCUT2D eigenvalue weighted by molar-refractivity contribution is 5.89. The molecule has 3 aromatic rings. The van der Waals surface area contributed by atoms with Gasteiger partial charge in [-0.15, -0.1) is 0 Å². The molecule has 28 heavy (non-hydrogen) atoms. The van der Waals surface area contributed by atoms with Crippen molar-refractivity contribution in [1.82, 2.24) is 0 Å². The van der Waals surface area contributed by atoms with E-state index in [1.54, 1.807) is 12.1 Å². The second kappa shape index (κ2) is 8.15. The van der Waals surface area contributed by atoms with Crippen molar-refractivity contribution in [2.24, 2.45) is 5.92 Å². The van der Waals surface area contributed by atoms with Crippen molar-refractivity contribution in [3.05, 3.63) is 71.5 Å². The molecule has 1 aliphatic rings. The van der Waals surface area contributed by atoms with E-state index in [0.717, 1.165) is 16.9 Å². The summed E-state index contributed by atoms with van der Waals surface area (Å²) >= 11 is 0. The number of hydrogen-bond donors (Lipinski definition) is 0. The topological polar surface area (TPSA) is 23.8 Å².